The van der Waals surface area contributed by atoms with E-state index in [1.54, 1.807) is 18.4 Å². The molecule has 0 spiro atoms. The van der Waals surface area contributed by atoms with E-state index >= 15 is 0 Å². The third-order valence-electron chi connectivity index (χ3n) is 7.12. The van der Waals surface area contributed by atoms with Gasteiger partial charge < -0.3 is 32.5 Å². The summed E-state index contributed by atoms with van der Waals surface area (Å²) in [4.78, 5) is 61.6. The number of ether oxygens (including phenoxy) is 5. The van der Waals surface area contributed by atoms with Gasteiger partial charge in [0.2, 0.25) is 5.28 Å². The maximum absolute atomic E-state index is 12.9. The Labute approximate surface area is 280 Å². The average molecular weight is 692 g/mol. The Morgan fingerprint density at radius 2 is 1.94 bits per heavy atom. The molecule has 0 unspecified atom stereocenters. The van der Waals surface area contributed by atoms with Gasteiger partial charge in [0.25, 0.3) is 0 Å². The highest BCUT2D eigenvalue weighted by Crippen LogP contribution is 2.40. The van der Waals surface area contributed by atoms with Gasteiger partial charge in [0.15, 0.2) is 40.7 Å². The van der Waals surface area contributed by atoms with Gasteiger partial charge in [-0.3, -0.25) is 19.5 Å². The van der Waals surface area contributed by atoms with Crippen LogP contribution in [0.2, 0.25) is 5.28 Å². The van der Waals surface area contributed by atoms with Crippen LogP contribution in [0.5, 0.6) is 0 Å². The smallest absolute Gasteiger partial charge is 0.461 e. The first-order valence-corrected chi connectivity index (χ1v) is 15.5. The quantitative estimate of drug-likeness (QED) is 0.115. The first kappa shape index (κ1) is 36.4. The molecule has 0 radical (unpaired) electrons. The van der Waals surface area contributed by atoms with Crippen LogP contribution in [0.1, 0.15) is 72.1 Å². The molecule has 0 aliphatic carbocycles. The Morgan fingerprint density at radius 1 is 1.21 bits per heavy atom. The number of hydrogen-bond donors (Lipinski definition) is 1. The van der Waals surface area contributed by atoms with E-state index in [1.165, 1.54) is 27.1 Å². The van der Waals surface area contributed by atoms with Gasteiger partial charge in [-0.1, -0.05) is 33.6 Å². The summed E-state index contributed by atoms with van der Waals surface area (Å²) in [6.07, 6.45) is 4.93. The topological polar surface area (TPSA) is 196 Å². The number of rotatable bonds is 13. The summed E-state index contributed by atoms with van der Waals surface area (Å²) in [7, 11) is 0. The molecule has 0 bridgehead atoms. The van der Waals surface area contributed by atoms with E-state index in [0.717, 1.165) is 0 Å². The van der Waals surface area contributed by atoms with Gasteiger partial charge in [0.05, 0.1) is 18.7 Å². The largest absolute Gasteiger partial charge is 0.519 e. The fraction of sp³-hybridized carbons (Fsp3) is 0.581. The third kappa shape index (κ3) is 8.71. The number of terminal acetylenes is 1. The Hall–Kier alpha value is -4.46. The highest BCUT2D eigenvalue weighted by atomic mass is 35.5. The summed E-state index contributed by atoms with van der Waals surface area (Å²) in [5.74, 6) is 0.564. The molecule has 0 saturated carbocycles. The van der Waals surface area contributed by atoms with Gasteiger partial charge in [-0.25, -0.2) is 14.6 Å². The molecule has 3 atom stereocenters. The van der Waals surface area contributed by atoms with E-state index in [0.29, 0.717) is 6.61 Å². The number of anilines is 1. The van der Waals surface area contributed by atoms with Crippen molar-refractivity contribution < 1.29 is 46.9 Å². The average Bonchev–Trinajstić information content (AvgIpc) is 3.67. The Balaban J connectivity index is 1.48. The van der Waals surface area contributed by atoms with Crippen molar-refractivity contribution in [3.8, 4) is 12.3 Å². The summed E-state index contributed by atoms with van der Waals surface area (Å²) in [6.45, 7) is 11.7. The molecule has 4 heterocycles. The SMILES string of the molecule is C#C[C@]1(COC(=O)C(C)C)O[C@@H](n2cnc3c(NC(=O)OC(C)(C)CC(=O)OCc4oc(=O)oc4C)nc(Cl)nc32)C[C@@H]1OCC(C)C. The van der Waals surface area contributed by atoms with Crippen molar-refractivity contribution in [1.82, 2.24) is 19.5 Å². The molecule has 48 heavy (non-hydrogen) atoms. The van der Waals surface area contributed by atoms with Crippen LogP contribution in [-0.2, 0) is 39.9 Å². The van der Waals surface area contributed by atoms with E-state index in [9.17, 15) is 19.2 Å². The second-order valence-electron chi connectivity index (χ2n) is 12.5. The molecule has 16 nitrogen and oxygen atoms in total. The zero-order chi connectivity index (χ0) is 35.4. The van der Waals surface area contributed by atoms with Crippen molar-refractivity contribution in [2.24, 2.45) is 11.8 Å². The number of nitrogens with one attached hydrogen (secondary N) is 1. The number of fused-ring (bicyclic) bond motifs is 1. The second kappa shape index (κ2) is 14.8. The van der Waals surface area contributed by atoms with Crippen LogP contribution in [-0.4, -0.2) is 68.1 Å². The number of hydrogen-bond acceptors (Lipinski definition) is 14. The maximum Gasteiger partial charge on any atom is 0.519 e. The van der Waals surface area contributed by atoms with Crippen LogP contribution in [0.25, 0.3) is 11.2 Å². The van der Waals surface area contributed by atoms with E-state index in [-0.39, 0.29) is 71.7 Å². The van der Waals surface area contributed by atoms with Crippen molar-refractivity contribution in [2.45, 2.75) is 91.4 Å². The van der Waals surface area contributed by atoms with Gasteiger partial charge in [0, 0.05) is 13.0 Å². The third-order valence-corrected chi connectivity index (χ3v) is 7.29. The number of esters is 2. The van der Waals surface area contributed by atoms with Crippen molar-refractivity contribution in [1.29, 1.82) is 0 Å². The van der Waals surface area contributed by atoms with Crippen molar-refractivity contribution in [3.63, 3.8) is 0 Å². The minimum absolute atomic E-state index is 0.0649. The zero-order valence-corrected chi connectivity index (χ0v) is 28.4. The molecule has 260 valence electrons. The Morgan fingerprint density at radius 3 is 2.56 bits per heavy atom. The lowest BCUT2D eigenvalue weighted by atomic mass is 9.98. The molecule has 0 aromatic carbocycles. The normalized spacial score (nSPS) is 19.4. The number of carbonyl (C=O) groups is 3. The molecule has 1 fully saturated rings. The van der Waals surface area contributed by atoms with E-state index in [4.69, 9.17) is 50.5 Å². The molecular formula is C31H38ClN5O11. The van der Waals surface area contributed by atoms with E-state index < -0.39 is 47.4 Å². The summed E-state index contributed by atoms with van der Waals surface area (Å²) in [5.41, 5.74) is -2.38. The fourth-order valence-electron chi connectivity index (χ4n) is 4.71. The lowest BCUT2D eigenvalue weighted by Gasteiger charge is -2.29. The number of imidazole rings is 1. The lowest BCUT2D eigenvalue weighted by molar-refractivity contribution is -0.162. The minimum Gasteiger partial charge on any atom is -0.461 e. The number of halogens is 1. The highest BCUT2D eigenvalue weighted by molar-refractivity contribution is 6.28. The predicted molar refractivity (Wildman–Crippen MR) is 168 cm³/mol. The second-order valence-corrected chi connectivity index (χ2v) is 12.9. The molecule has 4 rings (SSSR count). The molecule has 3 aromatic heterocycles. The number of aromatic nitrogens is 4. The van der Waals surface area contributed by atoms with E-state index in [2.05, 4.69) is 26.2 Å². The highest BCUT2D eigenvalue weighted by Gasteiger charge is 2.51. The van der Waals surface area contributed by atoms with Gasteiger partial charge in [-0.05, 0) is 38.3 Å². The summed E-state index contributed by atoms with van der Waals surface area (Å²) in [5, 5.41) is 2.28. The number of nitrogens with zero attached hydrogens (tertiary/aromatic N) is 4. The first-order valence-electron chi connectivity index (χ1n) is 15.1. The van der Waals surface area contributed by atoms with Crippen LogP contribution in [0.3, 0.4) is 0 Å². The fourth-order valence-corrected chi connectivity index (χ4v) is 4.88. The van der Waals surface area contributed by atoms with Crippen LogP contribution >= 0.6 is 11.6 Å². The molecule has 1 amide bonds. The van der Waals surface area contributed by atoms with Crippen LogP contribution in [0.4, 0.5) is 10.6 Å². The van der Waals surface area contributed by atoms with Crippen LogP contribution in [0, 0.1) is 31.1 Å². The minimum atomic E-state index is -1.40. The van der Waals surface area contributed by atoms with Crippen molar-refractivity contribution in [2.75, 3.05) is 18.5 Å². The van der Waals surface area contributed by atoms with Gasteiger partial charge in [-0.15, -0.1) is 6.42 Å². The van der Waals surface area contributed by atoms with Crippen LogP contribution < -0.4 is 11.1 Å². The Kier molecular flexibility index (Phi) is 11.2. The van der Waals surface area contributed by atoms with E-state index in [1.807, 2.05) is 13.8 Å². The zero-order valence-electron chi connectivity index (χ0n) is 27.7. The molecule has 1 saturated heterocycles. The van der Waals surface area contributed by atoms with Crippen molar-refractivity contribution in [3.05, 3.63) is 33.7 Å². The first-order chi connectivity index (χ1) is 22.5. The van der Waals surface area contributed by atoms with Crippen molar-refractivity contribution >= 4 is 46.6 Å². The molecule has 1 aliphatic heterocycles. The van der Waals surface area contributed by atoms with Gasteiger partial charge in [0.1, 0.15) is 24.5 Å². The Bertz CT molecular complexity index is 1750. The molecule has 17 heteroatoms. The summed E-state index contributed by atoms with van der Waals surface area (Å²) in [6, 6.07) is 0. The molecule has 1 N–H and O–H groups in total. The number of aryl methyl sites for hydroxylation is 1. The van der Waals surface area contributed by atoms with Crippen LogP contribution in [0.15, 0.2) is 20.0 Å². The number of amides is 1. The molecule has 3 aromatic rings. The summed E-state index contributed by atoms with van der Waals surface area (Å²) < 4.78 is 39.7. The standard InChI is InChI=1S/C31H38ClN5O11/c1-9-31(14-44-26(39)17(4)5)20(42-12-16(2)3)10-21(47-31)37-15-33-23-24(34-27(32)36-25(23)37)35-28(40)48-30(7,8)11-22(38)43-13-19-18(6)45-29(41)46-19/h1,15-17,20-21H,10-14H2,2-8H3,(H,34,35,36,40)/t20-,21+,31+/m0/s1. The molecule has 1 aliphatic rings. The van der Waals surface area contributed by atoms with Gasteiger partial charge in [-0.2, -0.15) is 9.97 Å². The molecular weight excluding hydrogens is 654 g/mol. The number of carbonyl (C=O) groups excluding carboxylic acids is 3. The summed E-state index contributed by atoms with van der Waals surface area (Å²) >= 11 is 6.25. The monoisotopic (exact) mass is 691 g/mol. The van der Waals surface area contributed by atoms with Gasteiger partial charge >= 0.3 is 23.9 Å². The lowest BCUT2D eigenvalue weighted by Crippen LogP contribution is -2.45. The predicted octanol–water partition coefficient (Wildman–Crippen LogP) is 4.33. The maximum atomic E-state index is 12.9.